The minimum Gasteiger partial charge on any atom is -0.354 e. The fraction of sp³-hybridized carbons (Fsp3) is 0.692. The van der Waals surface area contributed by atoms with E-state index in [0.29, 0.717) is 32.1 Å². The van der Waals surface area contributed by atoms with Crippen LogP contribution in [0.1, 0.15) is 24.5 Å². The van der Waals surface area contributed by atoms with E-state index < -0.39 is 12.7 Å². The first-order chi connectivity index (χ1) is 9.51. The molecule has 0 aromatic carbocycles. The molecule has 0 unspecified atom stereocenters. The summed E-state index contributed by atoms with van der Waals surface area (Å²) >= 11 is 0. The summed E-state index contributed by atoms with van der Waals surface area (Å²) < 4.78 is 37.0. The van der Waals surface area contributed by atoms with Crippen molar-refractivity contribution in [3.8, 4) is 0 Å². The fourth-order valence-corrected chi connectivity index (χ4v) is 2.53. The number of piperazine rings is 1. The second-order valence-electron chi connectivity index (χ2n) is 5.45. The number of halogens is 3. The highest BCUT2D eigenvalue weighted by molar-refractivity contribution is 5.40. The Balaban J connectivity index is 1.59. The second-order valence-corrected chi connectivity index (χ2v) is 5.45. The molecule has 2 heterocycles. The highest BCUT2D eigenvalue weighted by atomic mass is 19.4. The van der Waals surface area contributed by atoms with Crippen LogP contribution in [0.2, 0.25) is 0 Å². The molecule has 7 heteroatoms. The van der Waals surface area contributed by atoms with Crippen molar-refractivity contribution in [1.29, 1.82) is 0 Å². The van der Waals surface area contributed by atoms with Gasteiger partial charge in [-0.3, -0.25) is 4.90 Å². The molecular formula is C13H17F3N4. The van der Waals surface area contributed by atoms with E-state index in [-0.39, 0.29) is 0 Å². The topological polar surface area (TPSA) is 32.3 Å². The lowest BCUT2D eigenvalue weighted by Gasteiger charge is -2.35. The van der Waals surface area contributed by atoms with Crippen molar-refractivity contribution in [2.45, 2.75) is 24.9 Å². The van der Waals surface area contributed by atoms with Crippen LogP contribution in [-0.2, 0) is 0 Å². The SMILES string of the molecule is FC(F)(F)CN1CCN(c2cc(C3CC3)ncn2)CC1. The summed E-state index contributed by atoms with van der Waals surface area (Å²) in [5.41, 5.74) is 1.06. The molecule has 1 aromatic heterocycles. The Kier molecular flexibility index (Phi) is 3.54. The molecule has 1 saturated heterocycles. The Morgan fingerprint density at radius 3 is 2.40 bits per heavy atom. The van der Waals surface area contributed by atoms with Gasteiger partial charge in [0.1, 0.15) is 12.1 Å². The molecule has 1 aromatic rings. The van der Waals surface area contributed by atoms with Crippen molar-refractivity contribution in [2.75, 3.05) is 37.6 Å². The molecule has 1 saturated carbocycles. The van der Waals surface area contributed by atoms with E-state index in [9.17, 15) is 13.2 Å². The highest BCUT2D eigenvalue weighted by Crippen LogP contribution is 2.39. The van der Waals surface area contributed by atoms with Gasteiger partial charge in [-0.25, -0.2) is 9.97 Å². The maximum Gasteiger partial charge on any atom is 0.401 e. The van der Waals surface area contributed by atoms with Crippen LogP contribution in [0.15, 0.2) is 12.4 Å². The number of anilines is 1. The molecular weight excluding hydrogens is 269 g/mol. The van der Waals surface area contributed by atoms with Crippen molar-refractivity contribution >= 4 is 5.82 Å². The lowest BCUT2D eigenvalue weighted by atomic mass is 10.2. The molecule has 1 aliphatic heterocycles. The minimum atomic E-state index is -4.11. The molecule has 0 N–H and O–H groups in total. The number of rotatable bonds is 3. The highest BCUT2D eigenvalue weighted by Gasteiger charge is 2.32. The molecule has 4 nitrogen and oxygen atoms in total. The molecule has 20 heavy (non-hydrogen) atoms. The van der Waals surface area contributed by atoms with Crippen LogP contribution in [0, 0.1) is 0 Å². The van der Waals surface area contributed by atoms with Crippen LogP contribution in [0.25, 0.3) is 0 Å². The van der Waals surface area contributed by atoms with Gasteiger partial charge in [0, 0.05) is 43.9 Å². The van der Waals surface area contributed by atoms with Crippen LogP contribution in [-0.4, -0.2) is 53.8 Å². The zero-order chi connectivity index (χ0) is 14.2. The third-order valence-corrected chi connectivity index (χ3v) is 3.77. The van der Waals surface area contributed by atoms with Crippen molar-refractivity contribution in [2.24, 2.45) is 0 Å². The Hall–Kier alpha value is -1.37. The summed E-state index contributed by atoms with van der Waals surface area (Å²) in [7, 11) is 0. The lowest BCUT2D eigenvalue weighted by Crippen LogP contribution is -2.49. The maximum atomic E-state index is 12.3. The summed E-state index contributed by atoms with van der Waals surface area (Å²) in [6.45, 7) is 1.18. The molecule has 110 valence electrons. The van der Waals surface area contributed by atoms with Gasteiger partial charge in [0.2, 0.25) is 0 Å². The van der Waals surface area contributed by atoms with Gasteiger partial charge < -0.3 is 4.90 Å². The van der Waals surface area contributed by atoms with Gasteiger partial charge in [0.25, 0.3) is 0 Å². The standard InChI is InChI=1S/C13H17F3N4/c14-13(15,16)8-19-3-5-20(6-4-19)12-7-11(10-1-2-10)17-9-18-12/h7,9-10H,1-6,8H2. The number of nitrogens with zero attached hydrogens (tertiary/aromatic N) is 4. The van der Waals surface area contributed by atoms with E-state index in [1.54, 1.807) is 6.33 Å². The van der Waals surface area contributed by atoms with Gasteiger partial charge in [-0.05, 0) is 12.8 Å². The molecule has 3 rings (SSSR count). The molecule has 0 atom stereocenters. The molecule has 2 aliphatic rings. The summed E-state index contributed by atoms with van der Waals surface area (Å²) in [6.07, 6.45) is -0.201. The number of aromatic nitrogens is 2. The molecule has 1 aliphatic carbocycles. The van der Waals surface area contributed by atoms with Crippen LogP contribution in [0.5, 0.6) is 0 Å². The number of hydrogen-bond acceptors (Lipinski definition) is 4. The first-order valence-corrected chi connectivity index (χ1v) is 6.87. The number of hydrogen-bond donors (Lipinski definition) is 0. The Bertz CT molecular complexity index is 465. The Morgan fingerprint density at radius 2 is 1.80 bits per heavy atom. The summed E-state index contributed by atoms with van der Waals surface area (Å²) in [5, 5.41) is 0. The van der Waals surface area contributed by atoms with E-state index in [1.807, 2.05) is 11.0 Å². The normalized spacial score (nSPS) is 21.2. The predicted molar refractivity (Wildman–Crippen MR) is 68.7 cm³/mol. The van der Waals surface area contributed by atoms with Crippen molar-refractivity contribution in [1.82, 2.24) is 14.9 Å². The van der Waals surface area contributed by atoms with Crippen LogP contribution < -0.4 is 4.90 Å². The van der Waals surface area contributed by atoms with Gasteiger partial charge in [-0.1, -0.05) is 0 Å². The van der Waals surface area contributed by atoms with Crippen molar-refractivity contribution < 1.29 is 13.2 Å². The van der Waals surface area contributed by atoms with Gasteiger partial charge >= 0.3 is 6.18 Å². The van der Waals surface area contributed by atoms with Crippen molar-refractivity contribution in [3.63, 3.8) is 0 Å². The van der Waals surface area contributed by atoms with Crippen LogP contribution >= 0.6 is 0 Å². The first-order valence-electron chi connectivity index (χ1n) is 6.87. The van der Waals surface area contributed by atoms with E-state index in [2.05, 4.69) is 9.97 Å². The molecule has 2 fully saturated rings. The molecule has 0 radical (unpaired) electrons. The Labute approximate surface area is 115 Å². The zero-order valence-corrected chi connectivity index (χ0v) is 11.1. The zero-order valence-electron chi connectivity index (χ0n) is 11.1. The van der Waals surface area contributed by atoms with E-state index >= 15 is 0 Å². The summed E-state index contributed by atoms with van der Waals surface area (Å²) in [5.74, 6) is 1.40. The van der Waals surface area contributed by atoms with Gasteiger partial charge in [-0.15, -0.1) is 0 Å². The van der Waals surface area contributed by atoms with E-state index in [0.717, 1.165) is 11.5 Å². The molecule has 0 bridgehead atoms. The smallest absolute Gasteiger partial charge is 0.354 e. The monoisotopic (exact) mass is 286 g/mol. The molecule has 0 amide bonds. The third-order valence-electron chi connectivity index (χ3n) is 3.77. The predicted octanol–water partition coefficient (Wildman–Crippen LogP) is 2.04. The molecule has 0 spiro atoms. The van der Waals surface area contributed by atoms with Gasteiger partial charge in [0.15, 0.2) is 0 Å². The van der Waals surface area contributed by atoms with Crippen molar-refractivity contribution in [3.05, 3.63) is 18.1 Å². The lowest BCUT2D eigenvalue weighted by molar-refractivity contribution is -0.146. The maximum absolute atomic E-state index is 12.3. The van der Waals surface area contributed by atoms with Crippen LogP contribution in [0.4, 0.5) is 19.0 Å². The first kappa shape index (κ1) is 13.6. The van der Waals surface area contributed by atoms with Gasteiger partial charge in [-0.2, -0.15) is 13.2 Å². The number of alkyl halides is 3. The Morgan fingerprint density at radius 1 is 1.10 bits per heavy atom. The largest absolute Gasteiger partial charge is 0.401 e. The average Bonchev–Trinajstić information content (AvgIpc) is 3.22. The van der Waals surface area contributed by atoms with E-state index in [1.165, 1.54) is 17.7 Å². The second kappa shape index (κ2) is 5.20. The quantitative estimate of drug-likeness (QED) is 0.851. The average molecular weight is 286 g/mol. The summed E-state index contributed by atoms with van der Waals surface area (Å²) in [4.78, 5) is 12.0. The van der Waals surface area contributed by atoms with Crippen LogP contribution in [0.3, 0.4) is 0 Å². The van der Waals surface area contributed by atoms with E-state index in [4.69, 9.17) is 0 Å². The summed E-state index contributed by atoms with van der Waals surface area (Å²) in [6, 6.07) is 1.98. The fourth-order valence-electron chi connectivity index (χ4n) is 2.53. The minimum absolute atomic E-state index is 0.419. The third kappa shape index (κ3) is 3.39. The van der Waals surface area contributed by atoms with Gasteiger partial charge in [0.05, 0.1) is 6.54 Å².